The van der Waals surface area contributed by atoms with Crippen molar-refractivity contribution in [1.29, 1.82) is 0 Å². The van der Waals surface area contributed by atoms with Crippen molar-refractivity contribution in [2.45, 2.75) is 32.9 Å². The highest BCUT2D eigenvalue weighted by atomic mass is 32.1. The number of pyridine rings is 1. The van der Waals surface area contributed by atoms with Gasteiger partial charge in [0.05, 0.1) is 31.4 Å². The van der Waals surface area contributed by atoms with Crippen LogP contribution in [0, 0.1) is 5.92 Å². The monoisotopic (exact) mass is 563 g/mol. The van der Waals surface area contributed by atoms with E-state index < -0.39 is 6.04 Å². The van der Waals surface area contributed by atoms with Crippen molar-refractivity contribution in [2.24, 2.45) is 5.92 Å². The van der Waals surface area contributed by atoms with Gasteiger partial charge < -0.3 is 25.4 Å². The van der Waals surface area contributed by atoms with E-state index in [0.717, 1.165) is 24.2 Å². The number of hydrogen-bond donors (Lipinski definition) is 3. The van der Waals surface area contributed by atoms with Gasteiger partial charge in [-0.3, -0.25) is 14.0 Å². The summed E-state index contributed by atoms with van der Waals surface area (Å²) in [6.45, 7) is 6.94. The summed E-state index contributed by atoms with van der Waals surface area (Å²) in [5.41, 5.74) is 3.05. The number of aliphatic hydroxyl groups is 1. The van der Waals surface area contributed by atoms with Crippen molar-refractivity contribution in [3.05, 3.63) is 64.4 Å². The Labute approximate surface area is 236 Å². The zero-order valence-corrected chi connectivity index (χ0v) is 23.4. The number of aromatic nitrogens is 4. The molecule has 12 heteroatoms. The number of aliphatic hydroxyl groups excluding tert-OH is 1. The maximum Gasteiger partial charge on any atom is 0.270 e. The van der Waals surface area contributed by atoms with Gasteiger partial charge in [0.25, 0.3) is 11.8 Å². The normalized spacial score (nSPS) is 14.4. The Bertz CT molecular complexity index is 1450. The summed E-state index contributed by atoms with van der Waals surface area (Å²) < 4.78 is 7.02. The minimum absolute atomic E-state index is 0.167. The quantitative estimate of drug-likeness (QED) is 0.268. The second-order valence-electron chi connectivity index (χ2n) is 10.1. The molecule has 2 amide bonds. The van der Waals surface area contributed by atoms with Crippen molar-refractivity contribution in [3.8, 4) is 11.3 Å². The molecule has 1 atom stereocenters. The van der Waals surface area contributed by atoms with Gasteiger partial charge in [0, 0.05) is 54.7 Å². The van der Waals surface area contributed by atoms with Gasteiger partial charge in [0.15, 0.2) is 5.65 Å². The summed E-state index contributed by atoms with van der Waals surface area (Å²) in [7, 11) is 0. The van der Waals surface area contributed by atoms with Gasteiger partial charge in [-0.15, -0.1) is 0 Å². The van der Waals surface area contributed by atoms with Crippen LogP contribution in [0.5, 0.6) is 0 Å². The summed E-state index contributed by atoms with van der Waals surface area (Å²) in [6, 6.07) is 4.90. The third-order valence-corrected chi connectivity index (χ3v) is 7.34. The molecule has 210 valence electrons. The molecule has 1 fully saturated rings. The molecule has 40 heavy (non-hydrogen) atoms. The third kappa shape index (κ3) is 6.14. The lowest BCUT2D eigenvalue weighted by Crippen LogP contribution is -2.39. The standard InChI is InChI=1S/C28H33N7O4S/c1-18(2)12-21(16-36)32-27(38)24-23(20-5-11-40-17-20)33-25-22(4-3-6-35(24)25)26(37)29-13-19-14-30-28(31-15-19)34-7-9-39-10-8-34/h3-6,11,14-15,17-18,21,36H,7-10,12-13,16H2,1-2H3,(H,29,37)(H,32,38)/t21-/m0/s1. The van der Waals surface area contributed by atoms with Crippen LogP contribution in [0.25, 0.3) is 16.9 Å². The SMILES string of the molecule is CC(C)C[C@@H](CO)NC(=O)c1c(-c2ccsc2)nc2c(C(=O)NCc3cnc(N4CCOCC4)nc3)cccn12. The molecule has 0 radical (unpaired) electrons. The first kappa shape index (κ1) is 27.7. The number of fused-ring (bicyclic) bond motifs is 1. The Morgan fingerprint density at radius 1 is 1.15 bits per heavy atom. The van der Waals surface area contributed by atoms with Crippen molar-refractivity contribution in [2.75, 3.05) is 37.8 Å². The number of anilines is 1. The molecule has 0 unspecified atom stereocenters. The van der Waals surface area contributed by atoms with Crippen LogP contribution in [0.3, 0.4) is 0 Å². The second-order valence-corrected chi connectivity index (χ2v) is 10.9. The highest BCUT2D eigenvalue weighted by molar-refractivity contribution is 7.08. The van der Waals surface area contributed by atoms with E-state index in [1.165, 1.54) is 11.3 Å². The first-order chi connectivity index (χ1) is 19.4. The summed E-state index contributed by atoms with van der Waals surface area (Å²) >= 11 is 1.50. The topological polar surface area (TPSA) is 134 Å². The minimum Gasteiger partial charge on any atom is -0.394 e. The van der Waals surface area contributed by atoms with E-state index in [0.29, 0.717) is 54.1 Å². The fraction of sp³-hybridized carbons (Fsp3) is 0.393. The highest BCUT2D eigenvalue weighted by Gasteiger charge is 2.26. The Morgan fingerprint density at radius 2 is 1.93 bits per heavy atom. The number of ether oxygens (including phenoxy) is 1. The smallest absolute Gasteiger partial charge is 0.270 e. The molecular weight excluding hydrogens is 530 g/mol. The molecule has 0 aliphatic carbocycles. The molecule has 0 bridgehead atoms. The minimum atomic E-state index is -0.392. The van der Waals surface area contributed by atoms with Crippen LogP contribution < -0.4 is 15.5 Å². The zero-order valence-electron chi connectivity index (χ0n) is 22.5. The predicted molar refractivity (Wildman–Crippen MR) is 153 cm³/mol. The molecule has 4 aromatic rings. The highest BCUT2D eigenvalue weighted by Crippen LogP contribution is 2.28. The Balaban J connectivity index is 1.38. The van der Waals surface area contributed by atoms with Crippen molar-refractivity contribution in [3.63, 3.8) is 0 Å². The molecule has 3 N–H and O–H groups in total. The number of carbonyl (C=O) groups excluding carboxylic acids is 2. The molecule has 0 aromatic carbocycles. The molecule has 5 rings (SSSR count). The number of rotatable bonds is 10. The molecule has 1 aliphatic rings. The van der Waals surface area contributed by atoms with E-state index >= 15 is 0 Å². The number of carbonyl (C=O) groups is 2. The summed E-state index contributed by atoms with van der Waals surface area (Å²) in [4.78, 5) is 42.5. The number of nitrogens with one attached hydrogen (secondary N) is 2. The Morgan fingerprint density at radius 3 is 2.60 bits per heavy atom. The van der Waals surface area contributed by atoms with E-state index in [2.05, 4.69) is 25.5 Å². The van der Waals surface area contributed by atoms with E-state index in [1.54, 1.807) is 35.1 Å². The van der Waals surface area contributed by atoms with Crippen LogP contribution in [-0.4, -0.2) is 75.2 Å². The Kier molecular flexibility index (Phi) is 8.68. The van der Waals surface area contributed by atoms with Crippen LogP contribution >= 0.6 is 11.3 Å². The summed E-state index contributed by atoms with van der Waals surface area (Å²) in [5, 5.41) is 19.5. The number of morpholine rings is 1. The fourth-order valence-electron chi connectivity index (χ4n) is 4.71. The van der Waals surface area contributed by atoms with E-state index in [1.807, 2.05) is 30.7 Å². The lowest BCUT2D eigenvalue weighted by atomic mass is 10.0. The van der Waals surface area contributed by atoms with Crippen LogP contribution in [0.15, 0.2) is 47.5 Å². The van der Waals surface area contributed by atoms with E-state index in [-0.39, 0.29) is 25.0 Å². The molecule has 5 heterocycles. The third-order valence-electron chi connectivity index (χ3n) is 6.65. The molecule has 11 nitrogen and oxygen atoms in total. The van der Waals surface area contributed by atoms with E-state index in [4.69, 9.17) is 9.72 Å². The van der Waals surface area contributed by atoms with E-state index in [9.17, 15) is 14.7 Å². The second kappa shape index (κ2) is 12.5. The van der Waals surface area contributed by atoms with Crippen LogP contribution in [0.2, 0.25) is 0 Å². The lowest BCUT2D eigenvalue weighted by molar-refractivity contribution is 0.0901. The number of nitrogens with zero attached hydrogens (tertiary/aromatic N) is 5. The number of thiophene rings is 1. The number of imidazole rings is 1. The number of amides is 2. The van der Waals surface area contributed by atoms with Crippen molar-refractivity contribution in [1.82, 2.24) is 30.0 Å². The summed E-state index contributed by atoms with van der Waals surface area (Å²) in [5.74, 6) is 0.254. The van der Waals surface area contributed by atoms with Gasteiger partial charge in [-0.25, -0.2) is 15.0 Å². The summed E-state index contributed by atoms with van der Waals surface area (Å²) in [6.07, 6.45) is 5.77. The number of hydrogen-bond acceptors (Lipinski definition) is 9. The molecule has 1 aliphatic heterocycles. The van der Waals surface area contributed by atoms with Gasteiger partial charge in [0.1, 0.15) is 11.4 Å². The molecule has 1 saturated heterocycles. The first-order valence-electron chi connectivity index (χ1n) is 13.3. The van der Waals surface area contributed by atoms with Gasteiger partial charge in [0.2, 0.25) is 5.95 Å². The van der Waals surface area contributed by atoms with Gasteiger partial charge in [-0.2, -0.15) is 11.3 Å². The van der Waals surface area contributed by atoms with Gasteiger partial charge in [-0.05, 0) is 35.9 Å². The zero-order chi connectivity index (χ0) is 28.1. The van der Waals surface area contributed by atoms with Crippen LogP contribution in [0.4, 0.5) is 5.95 Å². The lowest BCUT2D eigenvalue weighted by Gasteiger charge is -2.26. The molecule has 0 saturated carbocycles. The van der Waals surface area contributed by atoms with Gasteiger partial charge >= 0.3 is 0 Å². The predicted octanol–water partition coefficient (Wildman–Crippen LogP) is 2.76. The molecule has 4 aromatic heterocycles. The van der Waals surface area contributed by atoms with Crippen LogP contribution in [0.1, 0.15) is 46.7 Å². The van der Waals surface area contributed by atoms with Crippen LogP contribution in [-0.2, 0) is 11.3 Å². The fourth-order valence-corrected chi connectivity index (χ4v) is 5.35. The maximum atomic E-state index is 13.5. The average Bonchev–Trinajstić information content (AvgIpc) is 3.64. The molecule has 0 spiro atoms. The van der Waals surface area contributed by atoms with Crippen molar-refractivity contribution >= 4 is 34.7 Å². The average molecular weight is 564 g/mol. The van der Waals surface area contributed by atoms with Gasteiger partial charge in [-0.1, -0.05) is 13.8 Å². The van der Waals surface area contributed by atoms with Crippen molar-refractivity contribution < 1.29 is 19.4 Å². The molecular formula is C28H33N7O4S. The largest absolute Gasteiger partial charge is 0.394 e. The maximum absolute atomic E-state index is 13.5. The first-order valence-corrected chi connectivity index (χ1v) is 14.3. The Hall–Kier alpha value is -3.87.